The third-order valence-corrected chi connectivity index (χ3v) is 4.41. The minimum atomic E-state index is -1.09. The highest BCUT2D eigenvalue weighted by atomic mass is 19.1. The lowest BCUT2D eigenvalue weighted by molar-refractivity contribution is 0.549. The van der Waals surface area contributed by atoms with E-state index < -0.39 is 23.1 Å². The number of hydrogen-bond acceptors (Lipinski definition) is 5. The predicted molar refractivity (Wildman–Crippen MR) is 103 cm³/mol. The van der Waals surface area contributed by atoms with Crippen molar-refractivity contribution in [3.05, 3.63) is 64.3 Å². The maximum atomic E-state index is 14.1. The zero-order valence-electron chi connectivity index (χ0n) is 15.4. The predicted octanol–water partition coefficient (Wildman–Crippen LogP) is 3.08. The highest BCUT2D eigenvalue weighted by molar-refractivity contribution is 5.96. The SMILES string of the molecule is Cn1nc2c(-c3cc(N)ccc3Nc3c(F)cc(F)cc3F)cn(C)c(=O)c2n1. The summed E-state index contributed by atoms with van der Waals surface area (Å²) in [6, 6.07) is 5.81. The van der Waals surface area contributed by atoms with Gasteiger partial charge in [0.15, 0.2) is 17.2 Å². The van der Waals surface area contributed by atoms with Gasteiger partial charge in [-0.25, -0.2) is 13.2 Å². The van der Waals surface area contributed by atoms with Crippen molar-refractivity contribution in [2.24, 2.45) is 14.1 Å². The summed E-state index contributed by atoms with van der Waals surface area (Å²) in [6.07, 6.45) is 1.54. The van der Waals surface area contributed by atoms with Gasteiger partial charge in [0.2, 0.25) is 0 Å². The van der Waals surface area contributed by atoms with Gasteiger partial charge in [0.1, 0.15) is 17.0 Å². The fraction of sp³-hybridized carbons (Fsp3) is 0.105. The van der Waals surface area contributed by atoms with E-state index in [0.29, 0.717) is 34.5 Å². The van der Waals surface area contributed by atoms with Gasteiger partial charge in [0.25, 0.3) is 5.56 Å². The monoisotopic (exact) mass is 400 g/mol. The molecule has 2 aromatic carbocycles. The van der Waals surface area contributed by atoms with Gasteiger partial charge in [0, 0.05) is 54.9 Å². The van der Waals surface area contributed by atoms with Crippen LogP contribution in [0.4, 0.5) is 30.2 Å². The fourth-order valence-corrected chi connectivity index (χ4v) is 3.10. The number of aryl methyl sites for hydroxylation is 2. The Morgan fingerprint density at radius 3 is 2.31 bits per heavy atom. The van der Waals surface area contributed by atoms with Crippen molar-refractivity contribution >= 4 is 28.1 Å². The third kappa shape index (κ3) is 3.18. The van der Waals surface area contributed by atoms with Crippen LogP contribution < -0.4 is 16.6 Å². The number of hydrogen-bond donors (Lipinski definition) is 2. The van der Waals surface area contributed by atoms with Crippen LogP contribution in [0.15, 0.2) is 41.3 Å². The number of rotatable bonds is 3. The number of nitrogens with two attached hydrogens (primary N) is 1. The Balaban J connectivity index is 1.96. The number of benzene rings is 2. The molecule has 0 bridgehead atoms. The van der Waals surface area contributed by atoms with Crippen LogP contribution in [-0.4, -0.2) is 19.6 Å². The number of pyridine rings is 1. The molecule has 4 rings (SSSR count). The Labute approximate surface area is 162 Å². The second-order valence-electron chi connectivity index (χ2n) is 6.52. The van der Waals surface area contributed by atoms with E-state index in [4.69, 9.17) is 5.73 Å². The van der Waals surface area contributed by atoms with Crippen LogP contribution in [0.25, 0.3) is 22.2 Å². The van der Waals surface area contributed by atoms with Gasteiger partial charge in [-0.05, 0) is 18.2 Å². The van der Waals surface area contributed by atoms with E-state index in [9.17, 15) is 18.0 Å². The Hall–Kier alpha value is -3.82. The van der Waals surface area contributed by atoms with Crippen LogP contribution in [0.5, 0.6) is 0 Å². The molecule has 2 heterocycles. The average Bonchev–Trinajstić information content (AvgIpc) is 3.04. The van der Waals surface area contributed by atoms with E-state index in [1.165, 1.54) is 21.6 Å². The lowest BCUT2D eigenvalue weighted by Crippen LogP contribution is -2.17. The van der Waals surface area contributed by atoms with Crippen molar-refractivity contribution in [3.8, 4) is 11.1 Å². The molecule has 148 valence electrons. The molecule has 0 atom stereocenters. The topological polar surface area (TPSA) is 90.8 Å². The van der Waals surface area contributed by atoms with Gasteiger partial charge in [0.05, 0.1) is 0 Å². The highest BCUT2D eigenvalue weighted by Crippen LogP contribution is 2.36. The summed E-state index contributed by atoms with van der Waals surface area (Å²) in [6.45, 7) is 0. The molecule has 3 N–H and O–H groups in total. The lowest BCUT2D eigenvalue weighted by Gasteiger charge is -2.15. The van der Waals surface area contributed by atoms with Crippen LogP contribution in [0.3, 0.4) is 0 Å². The van der Waals surface area contributed by atoms with Crippen LogP contribution in [0, 0.1) is 17.5 Å². The first-order chi connectivity index (χ1) is 13.7. The normalized spacial score (nSPS) is 11.2. The van der Waals surface area contributed by atoms with E-state index in [0.717, 1.165) is 0 Å². The molecule has 0 saturated heterocycles. The number of halogens is 3. The van der Waals surface area contributed by atoms with Crippen LogP contribution >= 0.6 is 0 Å². The summed E-state index contributed by atoms with van der Waals surface area (Å²) in [4.78, 5) is 13.6. The fourth-order valence-electron chi connectivity index (χ4n) is 3.10. The molecule has 0 aliphatic carbocycles. The number of aromatic nitrogens is 4. The molecule has 29 heavy (non-hydrogen) atoms. The van der Waals surface area contributed by atoms with Crippen molar-refractivity contribution < 1.29 is 13.2 Å². The lowest BCUT2D eigenvalue weighted by atomic mass is 10.0. The first kappa shape index (κ1) is 18.5. The molecule has 7 nitrogen and oxygen atoms in total. The van der Waals surface area contributed by atoms with Gasteiger partial charge in [-0.3, -0.25) is 4.79 Å². The molecule has 0 spiro atoms. The molecule has 0 unspecified atom stereocenters. The van der Waals surface area contributed by atoms with Crippen LogP contribution in [-0.2, 0) is 14.1 Å². The standard InChI is InChI=1S/C19H15F3N6O/c1-27-8-12(16-18(19(27)29)26-28(2)25-16)11-7-10(23)3-4-15(11)24-17-13(21)5-9(20)6-14(17)22/h3-8,24H,23H2,1-2H3. The maximum absolute atomic E-state index is 14.1. The third-order valence-electron chi connectivity index (χ3n) is 4.41. The van der Waals surface area contributed by atoms with Gasteiger partial charge >= 0.3 is 0 Å². The summed E-state index contributed by atoms with van der Waals surface area (Å²) in [5, 5.41) is 11.0. The molecule has 0 amide bonds. The van der Waals surface area contributed by atoms with E-state index in [-0.39, 0.29) is 16.8 Å². The van der Waals surface area contributed by atoms with Gasteiger partial charge < -0.3 is 15.6 Å². The van der Waals surface area contributed by atoms with Crippen molar-refractivity contribution in [2.75, 3.05) is 11.1 Å². The number of nitrogens with zero attached hydrogens (tertiary/aromatic N) is 4. The van der Waals surface area contributed by atoms with E-state index >= 15 is 0 Å². The zero-order chi connectivity index (χ0) is 20.9. The van der Waals surface area contributed by atoms with Gasteiger partial charge in [-0.15, -0.1) is 5.10 Å². The van der Waals surface area contributed by atoms with Crippen molar-refractivity contribution in [1.82, 2.24) is 19.6 Å². The van der Waals surface area contributed by atoms with E-state index in [2.05, 4.69) is 15.5 Å². The summed E-state index contributed by atoms with van der Waals surface area (Å²) in [5.74, 6) is -3.20. The molecule has 0 aliphatic heterocycles. The minimum absolute atomic E-state index is 0.139. The Kier molecular flexibility index (Phi) is 4.26. The minimum Gasteiger partial charge on any atom is -0.399 e. The Morgan fingerprint density at radius 1 is 0.966 bits per heavy atom. The molecular formula is C19H15F3N6O. The molecule has 4 aromatic rings. The first-order valence-electron chi connectivity index (χ1n) is 8.46. The average molecular weight is 400 g/mol. The van der Waals surface area contributed by atoms with Gasteiger partial charge in [-0.1, -0.05) is 0 Å². The molecule has 0 saturated carbocycles. The van der Waals surface area contributed by atoms with E-state index in [1.807, 2.05) is 0 Å². The summed E-state index contributed by atoms with van der Waals surface area (Å²) < 4.78 is 42.9. The Morgan fingerprint density at radius 2 is 1.62 bits per heavy atom. The highest BCUT2D eigenvalue weighted by Gasteiger charge is 2.19. The van der Waals surface area contributed by atoms with E-state index in [1.54, 1.807) is 26.2 Å². The summed E-state index contributed by atoms with van der Waals surface area (Å²) in [5.41, 5.74) is 7.10. The molecule has 2 aromatic heterocycles. The number of fused-ring (bicyclic) bond motifs is 1. The maximum Gasteiger partial charge on any atom is 0.280 e. The quantitative estimate of drug-likeness (QED) is 0.516. The zero-order valence-corrected chi connectivity index (χ0v) is 15.4. The smallest absolute Gasteiger partial charge is 0.280 e. The Bertz CT molecular complexity index is 1300. The van der Waals surface area contributed by atoms with Crippen molar-refractivity contribution in [3.63, 3.8) is 0 Å². The van der Waals surface area contributed by atoms with Crippen molar-refractivity contribution in [1.29, 1.82) is 0 Å². The largest absolute Gasteiger partial charge is 0.399 e. The number of nitrogens with one attached hydrogen (secondary N) is 1. The molecular weight excluding hydrogens is 385 g/mol. The number of nitrogen functional groups attached to an aromatic ring is 1. The second kappa shape index (κ2) is 6.66. The van der Waals surface area contributed by atoms with Crippen molar-refractivity contribution in [2.45, 2.75) is 0 Å². The van der Waals surface area contributed by atoms with Gasteiger partial charge in [-0.2, -0.15) is 9.90 Å². The molecule has 0 aliphatic rings. The van der Waals surface area contributed by atoms with Crippen LogP contribution in [0.1, 0.15) is 0 Å². The molecule has 0 radical (unpaired) electrons. The number of anilines is 3. The summed E-state index contributed by atoms with van der Waals surface area (Å²) >= 11 is 0. The molecule has 0 fully saturated rings. The van der Waals surface area contributed by atoms with Crippen LogP contribution in [0.2, 0.25) is 0 Å². The first-order valence-corrected chi connectivity index (χ1v) is 8.46. The summed E-state index contributed by atoms with van der Waals surface area (Å²) in [7, 11) is 3.13. The molecule has 10 heteroatoms. The second-order valence-corrected chi connectivity index (χ2v) is 6.52.